The van der Waals surface area contributed by atoms with Crippen LogP contribution in [0.4, 0.5) is 5.13 Å². The maximum atomic E-state index is 13.2. The predicted molar refractivity (Wildman–Crippen MR) is 139 cm³/mol. The fourth-order valence-electron chi connectivity index (χ4n) is 4.26. The van der Waals surface area contributed by atoms with Gasteiger partial charge in [0, 0.05) is 5.56 Å². The number of Topliss-reactive ketones (excluding diaryl/α,β-unsaturated/α-hetero) is 1. The predicted octanol–water partition coefficient (Wildman–Crippen LogP) is 5.07. The van der Waals surface area contributed by atoms with Gasteiger partial charge in [0.1, 0.15) is 28.9 Å². The summed E-state index contributed by atoms with van der Waals surface area (Å²) in [5.41, 5.74) is 2.87. The number of amides is 1. The number of carbonyl (C=O) groups is 2. The van der Waals surface area contributed by atoms with Crippen LogP contribution in [0, 0.1) is 13.8 Å². The highest BCUT2D eigenvalue weighted by molar-refractivity contribution is 7.15. The molecule has 1 atom stereocenters. The molecular formula is C28H23N3O5S. The zero-order chi connectivity index (χ0) is 26.1. The minimum absolute atomic E-state index is 0.0355. The van der Waals surface area contributed by atoms with Crippen molar-refractivity contribution in [3.8, 4) is 11.5 Å². The molecule has 0 radical (unpaired) electrons. The standard InChI is InChI=1S/C28H23N3O5S/c1-16-5-3-6-18(13-16)15-36-22-11-9-19(10-12-22)25(33)23-24(20-7-4-8-21(32)14-20)31(27(35)26(23)34)28-30-29-17(2)37-28/h3-14,24,32-33H,15H2,1-2H3/t24-/m1/s1. The largest absolute Gasteiger partial charge is 0.508 e. The van der Waals surface area contributed by atoms with Crippen molar-refractivity contribution in [2.24, 2.45) is 0 Å². The lowest BCUT2D eigenvalue weighted by atomic mass is 9.95. The summed E-state index contributed by atoms with van der Waals surface area (Å²) in [7, 11) is 0. The summed E-state index contributed by atoms with van der Waals surface area (Å²) >= 11 is 1.16. The van der Waals surface area contributed by atoms with Crippen molar-refractivity contribution in [1.29, 1.82) is 0 Å². The monoisotopic (exact) mass is 513 g/mol. The number of anilines is 1. The van der Waals surface area contributed by atoms with Gasteiger partial charge >= 0.3 is 5.91 Å². The first-order valence-electron chi connectivity index (χ1n) is 11.5. The van der Waals surface area contributed by atoms with Gasteiger partial charge in [-0.05, 0) is 61.4 Å². The maximum Gasteiger partial charge on any atom is 0.301 e. The Kier molecular flexibility index (Phi) is 6.45. The molecule has 5 rings (SSSR count). The summed E-state index contributed by atoms with van der Waals surface area (Å²) in [4.78, 5) is 27.5. The van der Waals surface area contributed by atoms with E-state index in [-0.39, 0.29) is 22.2 Å². The number of ketones is 1. The van der Waals surface area contributed by atoms with Crippen LogP contribution >= 0.6 is 11.3 Å². The van der Waals surface area contributed by atoms with Crippen LogP contribution in [0.3, 0.4) is 0 Å². The van der Waals surface area contributed by atoms with E-state index in [1.165, 1.54) is 17.0 Å². The Balaban J connectivity index is 1.50. The Hall–Kier alpha value is -4.50. The Labute approximate surface area is 217 Å². The van der Waals surface area contributed by atoms with Crippen molar-refractivity contribution in [2.45, 2.75) is 26.5 Å². The van der Waals surface area contributed by atoms with E-state index >= 15 is 0 Å². The molecule has 1 amide bonds. The number of aromatic nitrogens is 2. The lowest BCUT2D eigenvalue weighted by Crippen LogP contribution is -2.29. The molecule has 3 aromatic carbocycles. The van der Waals surface area contributed by atoms with E-state index in [4.69, 9.17) is 4.74 Å². The smallest absolute Gasteiger partial charge is 0.301 e. The molecule has 0 saturated carbocycles. The van der Waals surface area contributed by atoms with E-state index in [1.54, 1.807) is 43.3 Å². The third-order valence-electron chi connectivity index (χ3n) is 5.97. The molecular weight excluding hydrogens is 490 g/mol. The van der Waals surface area contributed by atoms with Crippen molar-refractivity contribution in [3.63, 3.8) is 0 Å². The molecule has 0 bridgehead atoms. The van der Waals surface area contributed by atoms with E-state index in [1.807, 2.05) is 31.2 Å². The van der Waals surface area contributed by atoms with Gasteiger partial charge in [-0.3, -0.25) is 14.5 Å². The van der Waals surface area contributed by atoms with Crippen molar-refractivity contribution >= 4 is 33.9 Å². The first-order chi connectivity index (χ1) is 17.8. The molecule has 1 aliphatic rings. The molecule has 37 heavy (non-hydrogen) atoms. The van der Waals surface area contributed by atoms with Crippen LogP contribution in [0.15, 0.2) is 78.4 Å². The van der Waals surface area contributed by atoms with Gasteiger partial charge in [0.15, 0.2) is 0 Å². The van der Waals surface area contributed by atoms with Crippen molar-refractivity contribution in [1.82, 2.24) is 10.2 Å². The maximum absolute atomic E-state index is 13.2. The Morgan fingerprint density at radius 1 is 1.00 bits per heavy atom. The molecule has 4 aromatic rings. The van der Waals surface area contributed by atoms with Crippen LogP contribution in [0.5, 0.6) is 11.5 Å². The van der Waals surface area contributed by atoms with E-state index in [0.29, 0.717) is 28.5 Å². The van der Waals surface area contributed by atoms with Crippen LogP contribution in [-0.2, 0) is 16.2 Å². The van der Waals surface area contributed by atoms with E-state index < -0.39 is 17.7 Å². The Bertz CT molecular complexity index is 1530. The van der Waals surface area contributed by atoms with Gasteiger partial charge in [0.2, 0.25) is 5.13 Å². The van der Waals surface area contributed by atoms with E-state index in [2.05, 4.69) is 10.2 Å². The zero-order valence-electron chi connectivity index (χ0n) is 20.1. The zero-order valence-corrected chi connectivity index (χ0v) is 20.9. The lowest BCUT2D eigenvalue weighted by Gasteiger charge is -2.22. The van der Waals surface area contributed by atoms with Crippen LogP contribution in [0.2, 0.25) is 0 Å². The van der Waals surface area contributed by atoms with Crippen molar-refractivity contribution < 1.29 is 24.5 Å². The SMILES string of the molecule is Cc1cccc(COc2ccc(C(O)=C3C(=O)C(=O)N(c4nnc(C)s4)[C@@H]3c3cccc(O)c3)cc2)c1. The molecule has 0 aliphatic carbocycles. The molecule has 0 unspecified atom stereocenters. The number of aryl methyl sites for hydroxylation is 2. The summed E-state index contributed by atoms with van der Waals surface area (Å²) in [6.07, 6.45) is 0. The number of nitrogens with zero attached hydrogens (tertiary/aromatic N) is 3. The highest BCUT2D eigenvalue weighted by Crippen LogP contribution is 2.43. The van der Waals surface area contributed by atoms with Gasteiger partial charge in [-0.2, -0.15) is 0 Å². The molecule has 9 heteroatoms. The first kappa shape index (κ1) is 24.2. The summed E-state index contributed by atoms with van der Waals surface area (Å²) in [5, 5.41) is 30.2. The fraction of sp³-hybridized carbons (Fsp3) is 0.143. The minimum Gasteiger partial charge on any atom is -0.508 e. The molecule has 2 heterocycles. The number of carbonyl (C=O) groups excluding carboxylic acids is 2. The molecule has 1 fully saturated rings. The highest BCUT2D eigenvalue weighted by Gasteiger charge is 2.48. The number of aromatic hydroxyl groups is 1. The number of aliphatic hydroxyl groups excluding tert-OH is 1. The lowest BCUT2D eigenvalue weighted by molar-refractivity contribution is -0.132. The summed E-state index contributed by atoms with van der Waals surface area (Å²) in [6.45, 7) is 4.14. The van der Waals surface area contributed by atoms with Gasteiger partial charge in [0.25, 0.3) is 5.78 Å². The van der Waals surface area contributed by atoms with Gasteiger partial charge in [-0.25, -0.2) is 0 Å². The molecule has 1 aliphatic heterocycles. The van der Waals surface area contributed by atoms with E-state index in [0.717, 1.165) is 22.5 Å². The average molecular weight is 514 g/mol. The number of phenolic OH excluding ortho intramolecular Hbond substituents is 1. The fourth-order valence-corrected chi connectivity index (χ4v) is 4.97. The normalized spacial score (nSPS) is 16.8. The summed E-state index contributed by atoms with van der Waals surface area (Å²) in [6, 6.07) is 19.9. The first-order valence-corrected chi connectivity index (χ1v) is 12.3. The number of phenols is 1. The summed E-state index contributed by atoms with van der Waals surface area (Å²) in [5.74, 6) is -1.46. The summed E-state index contributed by atoms with van der Waals surface area (Å²) < 4.78 is 5.86. The van der Waals surface area contributed by atoms with Gasteiger partial charge in [-0.15, -0.1) is 10.2 Å². The van der Waals surface area contributed by atoms with Crippen molar-refractivity contribution in [3.05, 3.63) is 106 Å². The minimum atomic E-state index is -0.989. The number of benzene rings is 3. The second-order valence-corrected chi connectivity index (χ2v) is 9.83. The van der Waals surface area contributed by atoms with Crippen LogP contribution in [0.25, 0.3) is 5.76 Å². The van der Waals surface area contributed by atoms with Crippen LogP contribution in [0.1, 0.15) is 33.3 Å². The second kappa shape index (κ2) is 9.87. The van der Waals surface area contributed by atoms with Gasteiger partial charge in [0.05, 0.1) is 11.6 Å². The average Bonchev–Trinajstić information content (AvgIpc) is 3.43. The number of aliphatic hydroxyl groups is 1. The third kappa shape index (κ3) is 4.81. The molecule has 2 N–H and O–H groups in total. The number of rotatable bonds is 6. The van der Waals surface area contributed by atoms with Gasteiger partial charge in [-0.1, -0.05) is 53.3 Å². The number of hydrogen-bond acceptors (Lipinski definition) is 8. The quantitative estimate of drug-likeness (QED) is 0.210. The Morgan fingerprint density at radius 2 is 1.76 bits per heavy atom. The number of ether oxygens (including phenoxy) is 1. The molecule has 186 valence electrons. The Morgan fingerprint density at radius 3 is 2.43 bits per heavy atom. The number of hydrogen-bond donors (Lipinski definition) is 2. The van der Waals surface area contributed by atoms with E-state index in [9.17, 15) is 19.8 Å². The third-order valence-corrected chi connectivity index (χ3v) is 6.81. The molecule has 1 aromatic heterocycles. The molecule has 8 nitrogen and oxygen atoms in total. The van der Waals surface area contributed by atoms with Crippen molar-refractivity contribution in [2.75, 3.05) is 4.90 Å². The van der Waals surface area contributed by atoms with Gasteiger partial charge < -0.3 is 14.9 Å². The highest BCUT2D eigenvalue weighted by atomic mass is 32.1. The second-order valence-electron chi connectivity index (χ2n) is 8.67. The molecule has 0 spiro atoms. The topological polar surface area (TPSA) is 113 Å². The molecule has 1 saturated heterocycles. The van der Waals surface area contributed by atoms with Crippen LogP contribution < -0.4 is 9.64 Å². The van der Waals surface area contributed by atoms with Crippen LogP contribution in [-0.4, -0.2) is 32.1 Å².